The van der Waals surface area contributed by atoms with Gasteiger partial charge in [-0.05, 0) is 18.4 Å². The first kappa shape index (κ1) is 16.6. The molecule has 0 fully saturated rings. The van der Waals surface area contributed by atoms with Crippen LogP contribution in [0.4, 0.5) is 0 Å². The van der Waals surface area contributed by atoms with E-state index in [1.54, 1.807) is 30.3 Å². The van der Waals surface area contributed by atoms with E-state index in [1.165, 1.54) is 0 Å². The molecule has 7 heteroatoms. The van der Waals surface area contributed by atoms with Gasteiger partial charge in [0.2, 0.25) is 5.91 Å². The molecule has 1 unspecified atom stereocenters. The lowest BCUT2D eigenvalue weighted by Gasteiger charge is -2.17. The number of nitrogens with two attached hydrogens (primary N) is 1. The fourth-order valence-corrected chi connectivity index (χ4v) is 1.79. The average molecular weight is 294 g/mol. The number of carbonyl (C=O) groups excluding carboxylic acids is 1. The second-order valence-electron chi connectivity index (χ2n) is 4.57. The first-order valence-electron chi connectivity index (χ1n) is 6.47. The predicted molar refractivity (Wildman–Crippen MR) is 74.4 cm³/mol. The molecule has 0 saturated heterocycles. The van der Waals surface area contributed by atoms with Crippen LogP contribution in [0.2, 0.25) is 0 Å². The SMILES string of the molecule is NC(C(=O)N[C@H](CCCC(=O)O)C(=O)O)c1ccccc1. The van der Waals surface area contributed by atoms with Crippen molar-refractivity contribution in [3.8, 4) is 0 Å². The zero-order valence-electron chi connectivity index (χ0n) is 11.4. The van der Waals surface area contributed by atoms with Crippen LogP contribution in [0.1, 0.15) is 30.9 Å². The number of hydrogen-bond acceptors (Lipinski definition) is 4. The van der Waals surface area contributed by atoms with Gasteiger partial charge in [0.25, 0.3) is 0 Å². The molecule has 0 spiro atoms. The van der Waals surface area contributed by atoms with Crippen molar-refractivity contribution in [1.29, 1.82) is 0 Å². The second-order valence-corrected chi connectivity index (χ2v) is 4.57. The summed E-state index contributed by atoms with van der Waals surface area (Å²) in [6, 6.07) is 6.46. The monoisotopic (exact) mass is 294 g/mol. The fourth-order valence-electron chi connectivity index (χ4n) is 1.79. The van der Waals surface area contributed by atoms with Gasteiger partial charge in [-0.25, -0.2) is 4.79 Å². The molecule has 7 nitrogen and oxygen atoms in total. The highest BCUT2D eigenvalue weighted by Gasteiger charge is 2.23. The summed E-state index contributed by atoms with van der Waals surface area (Å²) in [5, 5.41) is 19.9. The minimum absolute atomic E-state index is 0.0366. The highest BCUT2D eigenvalue weighted by Crippen LogP contribution is 2.10. The predicted octanol–water partition coefficient (Wildman–Crippen LogP) is 0.511. The number of carboxylic acid groups (broad SMARTS) is 2. The summed E-state index contributed by atoms with van der Waals surface area (Å²) in [6.07, 6.45) is 0.0480. The van der Waals surface area contributed by atoms with E-state index < -0.39 is 29.9 Å². The third-order valence-electron chi connectivity index (χ3n) is 2.94. The summed E-state index contributed by atoms with van der Waals surface area (Å²) in [6.45, 7) is 0. The fraction of sp³-hybridized carbons (Fsp3) is 0.357. The van der Waals surface area contributed by atoms with Crippen LogP contribution in [-0.2, 0) is 14.4 Å². The zero-order chi connectivity index (χ0) is 15.8. The van der Waals surface area contributed by atoms with Crippen molar-refractivity contribution < 1.29 is 24.6 Å². The minimum atomic E-state index is -1.21. The second kappa shape index (κ2) is 8.01. The van der Waals surface area contributed by atoms with Crippen LogP contribution in [0.5, 0.6) is 0 Å². The number of benzene rings is 1. The Morgan fingerprint density at radius 3 is 2.29 bits per heavy atom. The lowest BCUT2D eigenvalue weighted by atomic mass is 10.1. The molecule has 0 aliphatic carbocycles. The zero-order valence-corrected chi connectivity index (χ0v) is 11.4. The van der Waals surface area contributed by atoms with Crippen molar-refractivity contribution in [2.75, 3.05) is 0 Å². The summed E-state index contributed by atoms with van der Waals surface area (Å²) >= 11 is 0. The van der Waals surface area contributed by atoms with Crippen LogP contribution >= 0.6 is 0 Å². The molecule has 2 atom stereocenters. The molecule has 0 aliphatic rings. The van der Waals surface area contributed by atoms with Crippen molar-refractivity contribution >= 4 is 17.8 Å². The molecular weight excluding hydrogens is 276 g/mol. The van der Waals surface area contributed by atoms with Gasteiger partial charge in [0.15, 0.2) is 0 Å². The molecule has 0 radical (unpaired) electrons. The number of hydrogen-bond donors (Lipinski definition) is 4. The molecule has 114 valence electrons. The third-order valence-corrected chi connectivity index (χ3v) is 2.94. The number of carbonyl (C=O) groups is 3. The highest BCUT2D eigenvalue weighted by atomic mass is 16.4. The molecule has 1 aromatic carbocycles. The molecular formula is C14H18N2O5. The van der Waals surface area contributed by atoms with Crippen molar-refractivity contribution in [2.24, 2.45) is 5.73 Å². The number of nitrogens with one attached hydrogen (secondary N) is 1. The lowest BCUT2D eigenvalue weighted by molar-refractivity contribution is -0.143. The molecule has 21 heavy (non-hydrogen) atoms. The molecule has 0 bridgehead atoms. The first-order valence-corrected chi connectivity index (χ1v) is 6.47. The Kier molecular flexibility index (Phi) is 6.35. The van der Waals surface area contributed by atoms with Crippen LogP contribution in [0.25, 0.3) is 0 Å². The quantitative estimate of drug-likeness (QED) is 0.552. The maximum absolute atomic E-state index is 11.9. The smallest absolute Gasteiger partial charge is 0.326 e. The van der Waals surface area contributed by atoms with Gasteiger partial charge in [0.05, 0.1) is 0 Å². The van der Waals surface area contributed by atoms with Gasteiger partial charge in [0, 0.05) is 6.42 Å². The standard InChI is InChI=1S/C14H18N2O5/c15-12(9-5-2-1-3-6-9)13(19)16-10(14(20)21)7-4-8-11(17)18/h1-3,5-6,10,12H,4,7-8,15H2,(H,16,19)(H,17,18)(H,20,21)/t10-,12?/m1/s1. The van der Waals surface area contributed by atoms with E-state index in [1.807, 2.05) is 0 Å². The summed E-state index contributed by atoms with van der Waals surface area (Å²) in [5.41, 5.74) is 6.34. The van der Waals surface area contributed by atoms with Crippen LogP contribution in [0.15, 0.2) is 30.3 Å². The van der Waals surface area contributed by atoms with E-state index >= 15 is 0 Å². The van der Waals surface area contributed by atoms with Crippen molar-refractivity contribution in [3.63, 3.8) is 0 Å². The molecule has 1 aromatic rings. The first-order chi connectivity index (χ1) is 9.91. The Labute approximate surface area is 121 Å². The molecule has 1 amide bonds. The third kappa shape index (κ3) is 5.62. The summed E-state index contributed by atoms with van der Waals surface area (Å²) < 4.78 is 0. The van der Waals surface area contributed by atoms with Crippen LogP contribution in [0, 0.1) is 0 Å². The maximum Gasteiger partial charge on any atom is 0.326 e. The van der Waals surface area contributed by atoms with Crippen LogP contribution < -0.4 is 11.1 Å². The van der Waals surface area contributed by atoms with Gasteiger partial charge in [0.1, 0.15) is 12.1 Å². The largest absolute Gasteiger partial charge is 0.481 e. The van der Waals surface area contributed by atoms with E-state index in [-0.39, 0.29) is 19.3 Å². The van der Waals surface area contributed by atoms with Gasteiger partial charge in [-0.15, -0.1) is 0 Å². The van der Waals surface area contributed by atoms with Gasteiger partial charge in [-0.2, -0.15) is 0 Å². The Bertz CT molecular complexity index is 503. The lowest BCUT2D eigenvalue weighted by Crippen LogP contribution is -2.44. The van der Waals surface area contributed by atoms with E-state index in [9.17, 15) is 14.4 Å². The number of rotatable bonds is 8. The van der Waals surface area contributed by atoms with E-state index in [0.29, 0.717) is 5.56 Å². The average Bonchev–Trinajstić information content (AvgIpc) is 2.45. The van der Waals surface area contributed by atoms with E-state index in [2.05, 4.69) is 5.32 Å². The Morgan fingerprint density at radius 1 is 1.14 bits per heavy atom. The van der Waals surface area contributed by atoms with E-state index in [4.69, 9.17) is 15.9 Å². The van der Waals surface area contributed by atoms with E-state index in [0.717, 1.165) is 0 Å². The van der Waals surface area contributed by atoms with Gasteiger partial charge in [-0.1, -0.05) is 30.3 Å². The number of aliphatic carboxylic acids is 2. The topological polar surface area (TPSA) is 130 Å². The minimum Gasteiger partial charge on any atom is -0.481 e. The van der Waals surface area contributed by atoms with Crippen LogP contribution in [-0.4, -0.2) is 34.1 Å². The summed E-state index contributed by atoms with van der Waals surface area (Å²) in [4.78, 5) is 33.4. The number of carboxylic acids is 2. The normalized spacial score (nSPS) is 13.2. The molecule has 5 N–H and O–H groups in total. The Balaban J connectivity index is 2.60. The maximum atomic E-state index is 11.9. The molecule has 1 rings (SSSR count). The van der Waals surface area contributed by atoms with Crippen molar-refractivity contribution in [1.82, 2.24) is 5.32 Å². The molecule has 0 aromatic heterocycles. The van der Waals surface area contributed by atoms with Crippen LogP contribution in [0.3, 0.4) is 0 Å². The molecule has 0 aliphatic heterocycles. The highest BCUT2D eigenvalue weighted by molar-refractivity contribution is 5.87. The van der Waals surface area contributed by atoms with Crippen molar-refractivity contribution in [2.45, 2.75) is 31.3 Å². The Morgan fingerprint density at radius 2 is 1.76 bits per heavy atom. The van der Waals surface area contributed by atoms with Gasteiger partial charge in [-0.3, -0.25) is 9.59 Å². The number of amides is 1. The summed E-state index contributed by atoms with van der Waals surface area (Å²) in [7, 11) is 0. The Hall–Kier alpha value is -2.41. The summed E-state index contributed by atoms with van der Waals surface area (Å²) in [5.74, 6) is -2.83. The molecule has 0 heterocycles. The van der Waals surface area contributed by atoms with Crippen molar-refractivity contribution in [3.05, 3.63) is 35.9 Å². The molecule has 0 saturated carbocycles. The van der Waals surface area contributed by atoms with Gasteiger partial charge >= 0.3 is 11.9 Å². The van der Waals surface area contributed by atoms with Gasteiger partial charge < -0.3 is 21.3 Å².